The van der Waals surface area contributed by atoms with Gasteiger partial charge in [-0.3, -0.25) is 4.98 Å². The largest absolute Gasteiger partial charge is 0.370 e. The zero-order valence-corrected chi connectivity index (χ0v) is 26.7. The third kappa shape index (κ3) is 5.20. The van der Waals surface area contributed by atoms with Crippen LogP contribution in [0.5, 0.6) is 0 Å². The van der Waals surface area contributed by atoms with Crippen molar-refractivity contribution in [1.29, 1.82) is 0 Å². The monoisotopic (exact) mass is 597 g/mol. The first-order chi connectivity index (χ1) is 20.3. The molecule has 2 saturated heterocycles. The highest BCUT2D eigenvalue weighted by atomic mass is 35.5. The lowest BCUT2D eigenvalue weighted by Crippen LogP contribution is -2.38. The fraction of sp³-hybridized carbons (Fsp3) is 0.371. The number of halogens is 1. The number of piperidine rings is 1. The Bertz CT molecular complexity index is 1590. The molecule has 4 aromatic rings. The summed E-state index contributed by atoms with van der Waals surface area (Å²) in [6, 6.07) is 23.3. The molecule has 4 heterocycles. The Kier molecular flexibility index (Phi) is 8.03. The van der Waals surface area contributed by atoms with E-state index in [1.807, 2.05) is 18.3 Å². The number of thiocarbonyl (C=S) groups is 1. The van der Waals surface area contributed by atoms with Crippen LogP contribution in [0.15, 0.2) is 72.9 Å². The lowest BCUT2D eigenvalue weighted by Gasteiger charge is -2.37. The molecule has 0 bridgehead atoms. The highest BCUT2D eigenvalue weighted by Gasteiger charge is 2.42. The molecule has 0 aliphatic carbocycles. The summed E-state index contributed by atoms with van der Waals surface area (Å²) in [4.78, 5) is 9.44. The van der Waals surface area contributed by atoms with E-state index in [0.717, 1.165) is 41.6 Å². The van der Waals surface area contributed by atoms with Gasteiger partial charge in [0.05, 0.1) is 28.5 Å². The minimum atomic E-state index is -0.115. The summed E-state index contributed by atoms with van der Waals surface area (Å²) < 4.78 is 2.39. The number of benzene rings is 2. The fourth-order valence-electron chi connectivity index (χ4n) is 7.20. The van der Waals surface area contributed by atoms with Crippen molar-refractivity contribution in [2.75, 3.05) is 22.9 Å². The van der Waals surface area contributed by atoms with Crippen LogP contribution in [0.3, 0.4) is 0 Å². The van der Waals surface area contributed by atoms with Crippen molar-refractivity contribution in [2.45, 2.75) is 59.5 Å². The molecule has 6 rings (SSSR count). The number of nitrogens with one attached hydrogen (secondary N) is 1. The quantitative estimate of drug-likeness (QED) is 0.226. The summed E-state index contributed by atoms with van der Waals surface area (Å²) in [5, 5.41) is 5.07. The van der Waals surface area contributed by atoms with Gasteiger partial charge in [-0.15, -0.1) is 0 Å². The topological polar surface area (TPSA) is 36.3 Å². The maximum absolute atomic E-state index is 7.06. The summed E-state index contributed by atoms with van der Waals surface area (Å²) in [6.45, 7) is 13.3. The number of nitrogens with zero attached hydrogens (tertiary/aromatic N) is 4. The Labute approximate surface area is 260 Å². The van der Waals surface area contributed by atoms with Gasteiger partial charge in [0, 0.05) is 42.0 Å². The lowest BCUT2D eigenvalue weighted by atomic mass is 9.91. The van der Waals surface area contributed by atoms with Crippen LogP contribution in [0.25, 0.3) is 5.69 Å². The van der Waals surface area contributed by atoms with Crippen molar-refractivity contribution in [2.24, 2.45) is 11.8 Å². The predicted octanol–water partition coefficient (Wildman–Crippen LogP) is 8.36. The molecule has 4 atom stereocenters. The average molecular weight is 598 g/mol. The van der Waals surface area contributed by atoms with E-state index in [1.165, 1.54) is 34.6 Å². The smallest absolute Gasteiger partial charge is 0.174 e. The number of pyridine rings is 1. The molecule has 2 fully saturated rings. The zero-order valence-electron chi connectivity index (χ0n) is 25.1. The van der Waals surface area contributed by atoms with E-state index in [0.29, 0.717) is 16.9 Å². The van der Waals surface area contributed by atoms with Crippen LogP contribution >= 0.6 is 23.8 Å². The van der Waals surface area contributed by atoms with E-state index in [1.54, 1.807) is 0 Å². The summed E-state index contributed by atoms with van der Waals surface area (Å²) >= 11 is 13.1. The number of hydrogen-bond donors (Lipinski definition) is 1. The van der Waals surface area contributed by atoms with Crippen LogP contribution in [0.2, 0.25) is 5.02 Å². The van der Waals surface area contributed by atoms with E-state index in [2.05, 4.69) is 109 Å². The van der Waals surface area contributed by atoms with Crippen LogP contribution in [0, 0.1) is 25.7 Å². The van der Waals surface area contributed by atoms with Gasteiger partial charge < -0.3 is 19.7 Å². The Morgan fingerprint density at radius 3 is 2.38 bits per heavy atom. The Hall–Kier alpha value is -3.35. The van der Waals surface area contributed by atoms with Crippen molar-refractivity contribution in [3.8, 4) is 5.69 Å². The van der Waals surface area contributed by atoms with Gasteiger partial charge in [-0.1, -0.05) is 56.6 Å². The van der Waals surface area contributed by atoms with Gasteiger partial charge in [-0.2, -0.15) is 0 Å². The van der Waals surface area contributed by atoms with E-state index in [9.17, 15) is 0 Å². The Morgan fingerprint density at radius 2 is 1.69 bits per heavy atom. The van der Waals surface area contributed by atoms with Gasteiger partial charge >= 0.3 is 0 Å². The van der Waals surface area contributed by atoms with Crippen LogP contribution in [0.4, 0.5) is 11.4 Å². The van der Waals surface area contributed by atoms with Crippen LogP contribution in [-0.4, -0.2) is 27.8 Å². The first-order valence-corrected chi connectivity index (χ1v) is 15.9. The molecule has 2 aliphatic heterocycles. The molecule has 0 saturated carbocycles. The number of aryl methyl sites for hydroxylation is 2. The maximum atomic E-state index is 7.06. The van der Waals surface area contributed by atoms with Crippen molar-refractivity contribution in [3.63, 3.8) is 0 Å². The number of rotatable bonds is 6. The molecule has 0 unspecified atom stereocenters. The zero-order chi connectivity index (χ0) is 29.5. The minimum Gasteiger partial charge on any atom is -0.370 e. The maximum Gasteiger partial charge on any atom is 0.174 e. The number of para-hydroxylation sites is 1. The highest BCUT2D eigenvalue weighted by molar-refractivity contribution is 7.80. The highest BCUT2D eigenvalue weighted by Crippen LogP contribution is 2.45. The number of aromatic nitrogens is 2. The number of hydrogen-bond acceptors (Lipinski definition) is 3. The van der Waals surface area contributed by atoms with Gasteiger partial charge in [0.15, 0.2) is 5.11 Å². The molecular weight excluding hydrogens is 558 g/mol. The Balaban J connectivity index is 1.45. The van der Waals surface area contributed by atoms with Crippen molar-refractivity contribution in [3.05, 3.63) is 106 Å². The molecule has 5 nitrogen and oxygen atoms in total. The number of anilines is 2. The molecule has 42 heavy (non-hydrogen) atoms. The SMILES string of the molecule is CCc1ccccc1-n1c(C)cc([C@H]2[C@@H](c3ccccn3)NC(=S)N2c2ccc(N3C[C@H](C)C[C@H](C)C3)c(Cl)c2)c1C. The van der Waals surface area contributed by atoms with E-state index in [-0.39, 0.29) is 12.1 Å². The van der Waals surface area contributed by atoms with E-state index in [4.69, 9.17) is 28.8 Å². The molecule has 0 amide bonds. The lowest BCUT2D eigenvalue weighted by molar-refractivity contribution is 0.357. The molecule has 2 aromatic carbocycles. The second-order valence-electron chi connectivity index (χ2n) is 12.1. The van der Waals surface area contributed by atoms with Gasteiger partial charge in [-0.05, 0) is 104 Å². The summed E-state index contributed by atoms with van der Waals surface area (Å²) in [5.74, 6) is 1.30. The summed E-state index contributed by atoms with van der Waals surface area (Å²) in [5.41, 5.74) is 9.23. The summed E-state index contributed by atoms with van der Waals surface area (Å²) in [6.07, 6.45) is 4.09. The third-order valence-electron chi connectivity index (χ3n) is 8.92. The molecule has 2 aliphatic rings. The average Bonchev–Trinajstić information content (AvgIpc) is 3.47. The normalized spacial score (nSPS) is 22.5. The summed E-state index contributed by atoms with van der Waals surface area (Å²) in [7, 11) is 0. The van der Waals surface area contributed by atoms with Crippen molar-refractivity contribution < 1.29 is 0 Å². The molecular formula is C35H40ClN5S. The van der Waals surface area contributed by atoms with Gasteiger partial charge in [0.25, 0.3) is 0 Å². The molecule has 7 heteroatoms. The Morgan fingerprint density at radius 1 is 0.952 bits per heavy atom. The van der Waals surface area contributed by atoms with E-state index >= 15 is 0 Å². The molecule has 0 spiro atoms. The molecule has 1 N–H and O–H groups in total. The molecule has 218 valence electrons. The van der Waals surface area contributed by atoms with E-state index < -0.39 is 0 Å². The second-order valence-corrected chi connectivity index (χ2v) is 12.9. The fourth-order valence-corrected chi connectivity index (χ4v) is 7.84. The first-order valence-electron chi connectivity index (χ1n) is 15.1. The predicted molar refractivity (Wildman–Crippen MR) is 179 cm³/mol. The van der Waals surface area contributed by atoms with Crippen LogP contribution in [0.1, 0.15) is 67.5 Å². The van der Waals surface area contributed by atoms with Gasteiger partial charge in [0.1, 0.15) is 0 Å². The molecule has 2 aromatic heterocycles. The second kappa shape index (κ2) is 11.7. The van der Waals surface area contributed by atoms with Gasteiger partial charge in [-0.25, -0.2) is 0 Å². The third-order valence-corrected chi connectivity index (χ3v) is 9.54. The van der Waals surface area contributed by atoms with Crippen molar-refractivity contribution >= 4 is 40.3 Å². The first kappa shape index (κ1) is 28.8. The van der Waals surface area contributed by atoms with Crippen LogP contribution < -0.4 is 15.1 Å². The standard InChI is InChI=1S/C35H40ClN5S/c1-6-26-11-7-8-13-31(26)40-24(4)18-28(25(40)5)34-33(30-12-9-10-16-37-30)38-35(42)41(34)27-14-15-32(29(36)19-27)39-20-22(2)17-23(3)21-39/h7-16,18-19,22-23,33-34H,6,17,20-21H2,1-5H3,(H,38,42)/t22-,23+,33-,34+/m1/s1. The van der Waals surface area contributed by atoms with Gasteiger partial charge in [0.2, 0.25) is 0 Å². The van der Waals surface area contributed by atoms with Crippen molar-refractivity contribution in [1.82, 2.24) is 14.9 Å². The minimum absolute atomic E-state index is 0.0990. The molecule has 0 radical (unpaired) electrons. The van der Waals surface area contributed by atoms with Crippen LogP contribution in [-0.2, 0) is 6.42 Å².